The number of carbonyl (C=O) groups is 1. The lowest BCUT2D eigenvalue weighted by molar-refractivity contribution is 0.0938. The van der Waals surface area contributed by atoms with Crippen LogP contribution in [-0.2, 0) is 4.79 Å². The van der Waals surface area contributed by atoms with Gasteiger partial charge in [0.1, 0.15) is 6.04 Å². The first-order valence-electron chi connectivity index (χ1n) is 5.02. The molecule has 0 aliphatic heterocycles. The highest BCUT2D eigenvalue weighted by Gasteiger charge is 2.20. The minimum absolute atomic E-state index is 0.531. The number of rotatable bonds is 4. The first-order chi connectivity index (χ1) is 9.11. The van der Waals surface area contributed by atoms with Crippen molar-refractivity contribution >= 4 is 23.5 Å². The summed E-state index contributed by atoms with van der Waals surface area (Å²) >= 11 is 1.26. The number of H-pyrrole nitrogens is 2. The second kappa shape index (κ2) is 5.40. The second-order valence-electron chi connectivity index (χ2n) is 3.40. The van der Waals surface area contributed by atoms with E-state index in [-0.39, 0.29) is 0 Å². The summed E-state index contributed by atoms with van der Waals surface area (Å²) in [6.07, 6.45) is 1.65. The Morgan fingerprint density at radius 1 is 1.47 bits per heavy atom. The molecule has 1 radical (unpaired) electrons. The number of amides is 1. The van der Waals surface area contributed by atoms with E-state index in [9.17, 15) is 19.2 Å². The molecule has 0 fully saturated rings. The number of nitrogens with one attached hydrogen (secondary N) is 3. The van der Waals surface area contributed by atoms with Gasteiger partial charge < -0.3 is 5.32 Å². The van der Waals surface area contributed by atoms with E-state index in [4.69, 9.17) is 0 Å². The summed E-state index contributed by atoms with van der Waals surface area (Å²) in [5.74, 6) is -0.876. The molecular weight excluding hydrogens is 272 g/mol. The van der Waals surface area contributed by atoms with Crippen LogP contribution in [0.15, 0.2) is 27.1 Å². The van der Waals surface area contributed by atoms with E-state index in [0.717, 1.165) is 0 Å². The molecule has 0 saturated heterocycles. The Hall–Kier alpha value is -2.55. The van der Waals surface area contributed by atoms with Crippen LogP contribution in [0.1, 0.15) is 21.4 Å². The van der Waals surface area contributed by atoms with Gasteiger partial charge in [-0.05, 0) is 11.4 Å². The Labute approximate surface area is 109 Å². The van der Waals surface area contributed by atoms with Crippen molar-refractivity contribution in [1.29, 1.82) is 0 Å². The summed E-state index contributed by atoms with van der Waals surface area (Å²) in [6, 6.07) is 2.37. The first-order valence-corrected chi connectivity index (χ1v) is 5.90. The molecule has 0 aliphatic carbocycles. The van der Waals surface area contributed by atoms with Crippen LogP contribution < -0.4 is 16.6 Å². The molecule has 1 atom stereocenters. The summed E-state index contributed by atoms with van der Waals surface area (Å²) in [5.41, 5.74) is -2.29. The standard InChI is InChI=1S/C10H7N4O4S/c15-4-5(6-2-1-3-19-6)11-8(16)7-9(17)12-10(18)14-13-7/h1-3,5H,(H,11,16)(H2,12,14,17,18). The maximum absolute atomic E-state index is 11.8. The van der Waals surface area contributed by atoms with Gasteiger partial charge in [0.2, 0.25) is 12.0 Å². The van der Waals surface area contributed by atoms with Crippen molar-refractivity contribution in [1.82, 2.24) is 20.5 Å². The van der Waals surface area contributed by atoms with Crippen LogP contribution in [0.5, 0.6) is 0 Å². The Kier molecular flexibility index (Phi) is 3.66. The normalized spacial score (nSPS) is 11.8. The van der Waals surface area contributed by atoms with Crippen molar-refractivity contribution < 1.29 is 9.59 Å². The van der Waals surface area contributed by atoms with Crippen LogP contribution in [0.3, 0.4) is 0 Å². The van der Waals surface area contributed by atoms with Gasteiger partial charge in [0.15, 0.2) is 0 Å². The zero-order valence-electron chi connectivity index (χ0n) is 9.30. The average Bonchev–Trinajstić information content (AvgIpc) is 2.89. The zero-order chi connectivity index (χ0) is 13.8. The topological polar surface area (TPSA) is 125 Å². The molecule has 0 saturated carbocycles. The third-order valence-electron chi connectivity index (χ3n) is 2.15. The Bertz CT molecular complexity index is 703. The Balaban J connectivity index is 2.23. The number of hydrogen-bond acceptors (Lipinski definition) is 6. The van der Waals surface area contributed by atoms with Gasteiger partial charge in [-0.25, -0.2) is 9.89 Å². The van der Waals surface area contributed by atoms with Crippen LogP contribution in [-0.4, -0.2) is 27.4 Å². The predicted octanol–water partition coefficient (Wildman–Crippen LogP) is -0.900. The zero-order valence-corrected chi connectivity index (χ0v) is 10.1. The largest absolute Gasteiger partial charge is 0.342 e. The maximum Gasteiger partial charge on any atom is 0.342 e. The summed E-state index contributed by atoms with van der Waals surface area (Å²) in [6.45, 7) is 0. The number of aromatic amines is 2. The minimum atomic E-state index is -0.986. The number of hydrogen-bond donors (Lipinski definition) is 3. The fourth-order valence-electron chi connectivity index (χ4n) is 1.32. The Morgan fingerprint density at radius 2 is 2.26 bits per heavy atom. The van der Waals surface area contributed by atoms with Gasteiger partial charge in [-0.2, -0.15) is 5.10 Å². The summed E-state index contributed by atoms with van der Waals surface area (Å²) in [7, 11) is 0. The molecule has 97 valence electrons. The van der Waals surface area contributed by atoms with Gasteiger partial charge in [-0.15, -0.1) is 11.3 Å². The lowest BCUT2D eigenvalue weighted by Crippen LogP contribution is -2.37. The Morgan fingerprint density at radius 3 is 2.84 bits per heavy atom. The molecule has 2 aromatic rings. The average molecular weight is 279 g/mol. The molecule has 0 aliphatic rings. The monoisotopic (exact) mass is 279 g/mol. The number of carbonyl (C=O) groups excluding carboxylic acids is 2. The number of aromatic nitrogens is 3. The molecule has 19 heavy (non-hydrogen) atoms. The van der Waals surface area contributed by atoms with Crippen LogP contribution in [0.4, 0.5) is 0 Å². The van der Waals surface area contributed by atoms with E-state index < -0.39 is 28.9 Å². The van der Waals surface area contributed by atoms with Crippen LogP contribution in [0.25, 0.3) is 0 Å². The SMILES string of the molecule is O=[C]C(NC(=O)c1n[nH]c(=O)[nH]c1=O)c1cccs1. The van der Waals surface area contributed by atoms with Gasteiger partial charge in [-0.1, -0.05) is 6.07 Å². The van der Waals surface area contributed by atoms with Crippen molar-refractivity contribution in [2.45, 2.75) is 6.04 Å². The van der Waals surface area contributed by atoms with E-state index in [1.807, 2.05) is 10.1 Å². The summed E-state index contributed by atoms with van der Waals surface area (Å²) in [4.78, 5) is 47.1. The second-order valence-corrected chi connectivity index (χ2v) is 4.37. The van der Waals surface area contributed by atoms with Gasteiger partial charge in [-0.3, -0.25) is 19.4 Å². The van der Waals surface area contributed by atoms with Crippen LogP contribution >= 0.6 is 11.3 Å². The van der Waals surface area contributed by atoms with Crippen molar-refractivity contribution in [3.63, 3.8) is 0 Å². The molecule has 9 heteroatoms. The van der Waals surface area contributed by atoms with E-state index in [2.05, 4.69) is 10.4 Å². The molecule has 2 aromatic heterocycles. The molecule has 0 aromatic carbocycles. The highest BCUT2D eigenvalue weighted by molar-refractivity contribution is 7.10. The lowest BCUT2D eigenvalue weighted by Gasteiger charge is -2.08. The van der Waals surface area contributed by atoms with E-state index in [1.54, 1.807) is 23.8 Å². The molecule has 0 bridgehead atoms. The molecule has 8 nitrogen and oxygen atoms in total. The molecule has 3 N–H and O–H groups in total. The smallest absolute Gasteiger partial charge is 0.335 e. The quantitative estimate of drug-likeness (QED) is 0.669. The third kappa shape index (κ3) is 2.83. The predicted molar refractivity (Wildman–Crippen MR) is 65.7 cm³/mol. The van der Waals surface area contributed by atoms with Crippen molar-refractivity contribution in [3.05, 3.63) is 48.9 Å². The fraction of sp³-hybridized carbons (Fsp3) is 0.100. The van der Waals surface area contributed by atoms with E-state index in [0.29, 0.717) is 4.88 Å². The first kappa shape index (κ1) is 12.9. The van der Waals surface area contributed by atoms with E-state index >= 15 is 0 Å². The van der Waals surface area contributed by atoms with E-state index in [1.165, 1.54) is 11.3 Å². The fourth-order valence-corrected chi connectivity index (χ4v) is 2.03. The molecule has 1 amide bonds. The molecule has 0 spiro atoms. The third-order valence-corrected chi connectivity index (χ3v) is 3.08. The van der Waals surface area contributed by atoms with Gasteiger partial charge >= 0.3 is 5.69 Å². The van der Waals surface area contributed by atoms with Crippen molar-refractivity contribution in [2.75, 3.05) is 0 Å². The van der Waals surface area contributed by atoms with Crippen molar-refractivity contribution in [2.24, 2.45) is 0 Å². The van der Waals surface area contributed by atoms with Gasteiger partial charge in [0.05, 0.1) is 0 Å². The molecule has 1 unspecified atom stereocenters. The van der Waals surface area contributed by atoms with Crippen LogP contribution in [0.2, 0.25) is 0 Å². The highest BCUT2D eigenvalue weighted by atomic mass is 32.1. The van der Waals surface area contributed by atoms with Crippen molar-refractivity contribution in [3.8, 4) is 0 Å². The minimum Gasteiger partial charge on any atom is -0.335 e. The maximum atomic E-state index is 11.8. The summed E-state index contributed by atoms with van der Waals surface area (Å²) in [5, 5.41) is 9.28. The van der Waals surface area contributed by atoms with Gasteiger partial charge in [0, 0.05) is 4.88 Å². The van der Waals surface area contributed by atoms with Gasteiger partial charge in [0.25, 0.3) is 11.5 Å². The molecule has 2 rings (SSSR count). The number of thiophene rings is 1. The van der Waals surface area contributed by atoms with Crippen LogP contribution in [0, 0.1) is 0 Å². The summed E-state index contributed by atoms with van der Waals surface area (Å²) < 4.78 is 0. The number of nitrogens with zero attached hydrogens (tertiary/aromatic N) is 1. The molecular formula is C10H7N4O4S. The lowest BCUT2D eigenvalue weighted by atomic mass is 10.2. The molecule has 2 heterocycles. The highest BCUT2D eigenvalue weighted by Crippen LogP contribution is 2.17.